The molecule has 12 heavy (non-hydrogen) atoms. The lowest BCUT2D eigenvalue weighted by atomic mass is 10.0. The van der Waals surface area contributed by atoms with E-state index in [-0.39, 0.29) is 6.04 Å². The van der Waals surface area contributed by atoms with Crippen molar-refractivity contribution >= 4 is 15.9 Å². The second kappa shape index (κ2) is 4.03. The largest absolute Gasteiger partial charge is 0.271 e. The fourth-order valence-corrected chi connectivity index (χ4v) is 1.69. The van der Waals surface area contributed by atoms with Gasteiger partial charge in [0, 0.05) is 10.5 Å². The average molecular weight is 229 g/mol. The second-order valence-corrected chi connectivity index (χ2v) is 3.80. The molecule has 0 aliphatic carbocycles. The molecule has 2 nitrogen and oxygen atoms in total. The quantitative estimate of drug-likeness (QED) is 0.603. The van der Waals surface area contributed by atoms with Gasteiger partial charge in [-0.1, -0.05) is 22.0 Å². The fourth-order valence-electron chi connectivity index (χ4n) is 1.21. The molecule has 0 spiro atoms. The van der Waals surface area contributed by atoms with Crippen LogP contribution in [0.5, 0.6) is 0 Å². The van der Waals surface area contributed by atoms with Gasteiger partial charge in [-0.05, 0) is 37.1 Å². The third kappa shape index (κ3) is 2.06. The van der Waals surface area contributed by atoms with Crippen LogP contribution in [0.25, 0.3) is 0 Å². The Morgan fingerprint density at radius 2 is 2.17 bits per heavy atom. The van der Waals surface area contributed by atoms with Crippen molar-refractivity contribution in [3.8, 4) is 0 Å². The molecule has 66 valence electrons. The molecule has 0 aliphatic rings. The zero-order valence-electron chi connectivity index (χ0n) is 7.26. The first-order chi connectivity index (χ1) is 5.65. The van der Waals surface area contributed by atoms with Gasteiger partial charge < -0.3 is 0 Å². The topological polar surface area (TPSA) is 38.0 Å². The highest BCUT2D eigenvalue weighted by Gasteiger charge is 2.05. The zero-order valence-corrected chi connectivity index (χ0v) is 8.85. The molecule has 0 heterocycles. The van der Waals surface area contributed by atoms with Gasteiger partial charge in [0.05, 0.1) is 0 Å². The summed E-state index contributed by atoms with van der Waals surface area (Å²) in [6, 6.07) is 6.39. The fraction of sp³-hybridized carbons (Fsp3) is 0.333. The molecule has 0 aromatic heterocycles. The van der Waals surface area contributed by atoms with E-state index in [1.54, 1.807) is 0 Å². The highest BCUT2D eigenvalue weighted by atomic mass is 79.9. The SMILES string of the molecule is Cc1cc(Br)ccc1C(C)NN. The summed E-state index contributed by atoms with van der Waals surface area (Å²) >= 11 is 3.42. The predicted octanol–water partition coefficient (Wildman–Crippen LogP) is 2.28. The lowest BCUT2D eigenvalue weighted by Crippen LogP contribution is -2.26. The highest BCUT2D eigenvalue weighted by molar-refractivity contribution is 9.10. The van der Waals surface area contributed by atoms with Crippen LogP contribution in [0.15, 0.2) is 22.7 Å². The van der Waals surface area contributed by atoms with Crippen LogP contribution in [-0.4, -0.2) is 0 Å². The van der Waals surface area contributed by atoms with E-state index < -0.39 is 0 Å². The molecule has 1 unspecified atom stereocenters. The Labute approximate surface area is 81.3 Å². The summed E-state index contributed by atoms with van der Waals surface area (Å²) in [4.78, 5) is 0. The van der Waals surface area contributed by atoms with Crippen LogP contribution in [0.3, 0.4) is 0 Å². The first-order valence-corrected chi connectivity index (χ1v) is 4.66. The average Bonchev–Trinajstić information content (AvgIpc) is 2.03. The van der Waals surface area contributed by atoms with Crippen molar-refractivity contribution in [2.75, 3.05) is 0 Å². The molecule has 1 aromatic carbocycles. The van der Waals surface area contributed by atoms with Crippen LogP contribution in [0.4, 0.5) is 0 Å². The molecule has 1 rings (SSSR count). The summed E-state index contributed by atoms with van der Waals surface area (Å²) in [5.74, 6) is 5.35. The Hall–Kier alpha value is -0.380. The number of benzene rings is 1. The maximum atomic E-state index is 5.35. The molecule has 1 atom stereocenters. The highest BCUT2D eigenvalue weighted by Crippen LogP contribution is 2.20. The van der Waals surface area contributed by atoms with E-state index in [1.165, 1.54) is 11.1 Å². The molecule has 3 N–H and O–H groups in total. The second-order valence-electron chi connectivity index (χ2n) is 2.89. The lowest BCUT2D eigenvalue weighted by molar-refractivity contribution is 0.599. The Kier molecular flexibility index (Phi) is 3.26. The Bertz CT molecular complexity index is 273. The molecule has 0 saturated carbocycles. The number of rotatable bonds is 2. The van der Waals surface area contributed by atoms with Crippen molar-refractivity contribution in [2.24, 2.45) is 5.84 Å². The molecular formula is C9H13BrN2. The maximum Gasteiger partial charge on any atom is 0.0434 e. The van der Waals surface area contributed by atoms with Crippen LogP contribution in [0, 0.1) is 6.92 Å². The van der Waals surface area contributed by atoms with Crippen LogP contribution < -0.4 is 11.3 Å². The van der Waals surface area contributed by atoms with Crippen molar-refractivity contribution in [3.63, 3.8) is 0 Å². The van der Waals surface area contributed by atoms with E-state index in [0.29, 0.717) is 0 Å². The molecule has 0 aliphatic heterocycles. The molecule has 0 fully saturated rings. The summed E-state index contributed by atoms with van der Waals surface area (Å²) < 4.78 is 1.10. The lowest BCUT2D eigenvalue weighted by Gasteiger charge is -2.13. The summed E-state index contributed by atoms with van der Waals surface area (Å²) in [6.07, 6.45) is 0. The third-order valence-electron chi connectivity index (χ3n) is 1.95. The van der Waals surface area contributed by atoms with Gasteiger partial charge in [0.25, 0.3) is 0 Å². The maximum absolute atomic E-state index is 5.35. The van der Waals surface area contributed by atoms with E-state index in [4.69, 9.17) is 5.84 Å². The van der Waals surface area contributed by atoms with E-state index >= 15 is 0 Å². The molecule has 0 bridgehead atoms. The van der Waals surface area contributed by atoms with Gasteiger partial charge in [-0.3, -0.25) is 11.3 Å². The number of hydrogen-bond donors (Lipinski definition) is 2. The van der Waals surface area contributed by atoms with E-state index in [1.807, 2.05) is 13.0 Å². The van der Waals surface area contributed by atoms with Gasteiger partial charge in [-0.15, -0.1) is 0 Å². The number of halogens is 1. The van der Waals surface area contributed by atoms with Crippen LogP contribution in [0.1, 0.15) is 24.1 Å². The minimum Gasteiger partial charge on any atom is -0.271 e. The number of hydrogen-bond acceptors (Lipinski definition) is 2. The van der Waals surface area contributed by atoms with Gasteiger partial charge in [0.1, 0.15) is 0 Å². The summed E-state index contributed by atoms with van der Waals surface area (Å²) in [5.41, 5.74) is 5.21. The number of aryl methyl sites for hydroxylation is 1. The van der Waals surface area contributed by atoms with Gasteiger partial charge >= 0.3 is 0 Å². The van der Waals surface area contributed by atoms with E-state index in [0.717, 1.165) is 4.47 Å². The van der Waals surface area contributed by atoms with Gasteiger partial charge in [-0.2, -0.15) is 0 Å². The standard InChI is InChI=1S/C9H13BrN2/c1-6-5-8(10)3-4-9(6)7(2)12-11/h3-5,7,12H,11H2,1-2H3. The summed E-state index contributed by atoms with van der Waals surface area (Å²) in [7, 11) is 0. The monoisotopic (exact) mass is 228 g/mol. The van der Waals surface area contributed by atoms with Gasteiger partial charge in [-0.25, -0.2) is 0 Å². The molecular weight excluding hydrogens is 216 g/mol. The Morgan fingerprint density at radius 3 is 2.67 bits per heavy atom. The molecule has 0 radical (unpaired) electrons. The summed E-state index contributed by atoms with van der Waals surface area (Å²) in [5, 5.41) is 0. The number of hydrazine groups is 1. The van der Waals surface area contributed by atoms with Crippen LogP contribution in [-0.2, 0) is 0 Å². The van der Waals surface area contributed by atoms with Gasteiger partial charge in [0.2, 0.25) is 0 Å². The first kappa shape index (κ1) is 9.71. The normalized spacial score (nSPS) is 13.0. The van der Waals surface area contributed by atoms with Crippen molar-refractivity contribution < 1.29 is 0 Å². The van der Waals surface area contributed by atoms with E-state index in [9.17, 15) is 0 Å². The number of nitrogens with one attached hydrogen (secondary N) is 1. The third-order valence-corrected chi connectivity index (χ3v) is 2.44. The molecule has 3 heteroatoms. The predicted molar refractivity (Wildman–Crippen MR) is 54.6 cm³/mol. The Balaban J connectivity index is 3.01. The molecule has 0 saturated heterocycles. The molecule has 0 amide bonds. The summed E-state index contributed by atoms with van der Waals surface area (Å²) in [6.45, 7) is 4.12. The molecule has 1 aromatic rings. The minimum absolute atomic E-state index is 0.207. The van der Waals surface area contributed by atoms with Crippen molar-refractivity contribution in [2.45, 2.75) is 19.9 Å². The van der Waals surface area contributed by atoms with Crippen molar-refractivity contribution in [3.05, 3.63) is 33.8 Å². The van der Waals surface area contributed by atoms with Crippen molar-refractivity contribution in [1.29, 1.82) is 0 Å². The Morgan fingerprint density at radius 1 is 1.50 bits per heavy atom. The van der Waals surface area contributed by atoms with Crippen LogP contribution in [0.2, 0.25) is 0 Å². The van der Waals surface area contributed by atoms with E-state index in [2.05, 4.69) is 40.4 Å². The van der Waals surface area contributed by atoms with Crippen molar-refractivity contribution in [1.82, 2.24) is 5.43 Å². The van der Waals surface area contributed by atoms with Gasteiger partial charge in [0.15, 0.2) is 0 Å². The number of nitrogens with two attached hydrogens (primary N) is 1. The minimum atomic E-state index is 0.207. The smallest absolute Gasteiger partial charge is 0.0434 e. The first-order valence-electron chi connectivity index (χ1n) is 3.87. The van der Waals surface area contributed by atoms with Crippen LogP contribution >= 0.6 is 15.9 Å². The zero-order chi connectivity index (χ0) is 9.14.